The number of nitrogens with one attached hydrogen (secondary N) is 1. The fourth-order valence-electron chi connectivity index (χ4n) is 3.12. The van der Waals surface area contributed by atoms with E-state index in [9.17, 15) is 18.7 Å². The van der Waals surface area contributed by atoms with E-state index in [1.165, 1.54) is 6.07 Å². The molecule has 0 saturated carbocycles. The van der Waals surface area contributed by atoms with E-state index in [2.05, 4.69) is 4.98 Å². The standard InChI is InChI=1S/C15H19F2N5O3/c16-15(17)5-10(8-21-3-1-11(23)9(6-18)7-21)25-13(15)22-4-2-12(19)20-14(22)24/h2,4,6,10,13,18,23H,1,3,5,7-8H2,(H2,19,20,24)/t10?,13-/m1/s1. The molecule has 0 radical (unpaired) electrons. The van der Waals surface area contributed by atoms with E-state index in [-0.39, 0.29) is 18.1 Å². The summed E-state index contributed by atoms with van der Waals surface area (Å²) in [6.45, 7) is 1.01. The molecular weight excluding hydrogens is 336 g/mol. The Morgan fingerprint density at radius 1 is 1.56 bits per heavy atom. The first-order valence-electron chi connectivity index (χ1n) is 7.82. The largest absolute Gasteiger partial charge is 0.512 e. The molecule has 1 fully saturated rings. The minimum atomic E-state index is -3.22. The highest BCUT2D eigenvalue weighted by molar-refractivity contribution is 5.77. The molecule has 0 aliphatic carbocycles. The van der Waals surface area contributed by atoms with Gasteiger partial charge in [-0.05, 0) is 6.07 Å². The quantitative estimate of drug-likeness (QED) is 0.691. The highest BCUT2D eigenvalue weighted by Gasteiger charge is 2.52. The van der Waals surface area contributed by atoms with Crippen molar-refractivity contribution in [3.8, 4) is 0 Å². The second-order valence-corrected chi connectivity index (χ2v) is 6.22. The van der Waals surface area contributed by atoms with Crippen LogP contribution in [0.2, 0.25) is 0 Å². The number of hydrogen-bond acceptors (Lipinski definition) is 7. The van der Waals surface area contributed by atoms with Crippen molar-refractivity contribution in [2.75, 3.05) is 25.4 Å². The van der Waals surface area contributed by atoms with E-state index in [4.69, 9.17) is 15.9 Å². The minimum Gasteiger partial charge on any atom is -0.512 e. The number of aliphatic hydroxyl groups is 1. The molecule has 1 aromatic rings. The number of hydrogen-bond donors (Lipinski definition) is 3. The van der Waals surface area contributed by atoms with Gasteiger partial charge in [0.15, 0.2) is 0 Å². The fraction of sp³-hybridized carbons (Fsp3) is 0.533. The smallest absolute Gasteiger partial charge is 0.351 e. The summed E-state index contributed by atoms with van der Waals surface area (Å²) in [5.74, 6) is -3.11. The maximum absolute atomic E-state index is 14.3. The number of ether oxygens (including phenoxy) is 1. The van der Waals surface area contributed by atoms with Gasteiger partial charge in [0.2, 0.25) is 6.23 Å². The van der Waals surface area contributed by atoms with Crippen LogP contribution in [0.5, 0.6) is 0 Å². The van der Waals surface area contributed by atoms with Crippen molar-refractivity contribution in [1.82, 2.24) is 14.5 Å². The molecule has 1 saturated heterocycles. The molecule has 2 atom stereocenters. The maximum atomic E-state index is 14.3. The topological polar surface area (TPSA) is 117 Å². The molecule has 10 heteroatoms. The SMILES string of the molecule is N=CC1=C(O)CCN(CC2CC(F)(F)[C@H](n3ccc(N)nc3=O)O2)C1. The highest BCUT2D eigenvalue weighted by atomic mass is 19.3. The Balaban J connectivity index is 1.72. The summed E-state index contributed by atoms with van der Waals surface area (Å²) in [6.07, 6.45) is -0.459. The summed E-state index contributed by atoms with van der Waals surface area (Å²) in [7, 11) is 0. The number of nitrogens with zero attached hydrogens (tertiary/aromatic N) is 3. The monoisotopic (exact) mass is 355 g/mol. The number of nitrogen functional groups attached to an aromatic ring is 1. The normalized spacial score (nSPS) is 26.8. The third kappa shape index (κ3) is 3.54. The first kappa shape index (κ1) is 17.5. The summed E-state index contributed by atoms with van der Waals surface area (Å²) >= 11 is 0. The van der Waals surface area contributed by atoms with Crippen LogP contribution in [0.3, 0.4) is 0 Å². The first-order valence-corrected chi connectivity index (χ1v) is 7.82. The minimum absolute atomic E-state index is 0.0433. The lowest BCUT2D eigenvalue weighted by Gasteiger charge is -2.29. The van der Waals surface area contributed by atoms with E-state index >= 15 is 0 Å². The van der Waals surface area contributed by atoms with Gasteiger partial charge in [0, 0.05) is 50.5 Å². The molecule has 1 aromatic heterocycles. The van der Waals surface area contributed by atoms with Crippen LogP contribution in [0.1, 0.15) is 19.1 Å². The molecule has 2 aliphatic rings. The molecule has 0 bridgehead atoms. The Bertz CT molecular complexity index is 764. The average Bonchev–Trinajstić information content (AvgIpc) is 2.83. The van der Waals surface area contributed by atoms with Crippen molar-refractivity contribution in [2.24, 2.45) is 0 Å². The van der Waals surface area contributed by atoms with E-state index < -0.39 is 30.4 Å². The Hall–Kier alpha value is -2.33. The Morgan fingerprint density at radius 2 is 2.32 bits per heavy atom. The van der Waals surface area contributed by atoms with Gasteiger partial charge >= 0.3 is 5.69 Å². The van der Waals surface area contributed by atoms with E-state index in [0.717, 1.165) is 17.0 Å². The molecule has 136 valence electrons. The van der Waals surface area contributed by atoms with Crippen LogP contribution in [-0.2, 0) is 4.74 Å². The summed E-state index contributed by atoms with van der Waals surface area (Å²) in [5, 5.41) is 16.9. The number of halogens is 2. The molecule has 0 aromatic carbocycles. The second-order valence-electron chi connectivity index (χ2n) is 6.22. The summed E-state index contributed by atoms with van der Waals surface area (Å²) < 4.78 is 34.9. The molecule has 3 heterocycles. The van der Waals surface area contributed by atoms with E-state index in [1.54, 1.807) is 0 Å². The van der Waals surface area contributed by atoms with E-state index in [0.29, 0.717) is 25.1 Å². The molecule has 0 amide bonds. The van der Waals surface area contributed by atoms with Crippen LogP contribution < -0.4 is 11.4 Å². The third-order valence-electron chi connectivity index (χ3n) is 4.35. The van der Waals surface area contributed by atoms with Gasteiger partial charge in [-0.1, -0.05) is 0 Å². The fourth-order valence-corrected chi connectivity index (χ4v) is 3.12. The van der Waals surface area contributed by atoms with Crippen LogP contribution in [-0.4, -0.2) is 57.4 Å². The number of aromatic nitrogens is 2. The molecule has 25 heavy (non-hydrogen) atoms. The van der Waals surface area contributed by atoms with Crippen LogP contribution in [0.4, 0.5) is 14.6 Å². The van der Waals surface area contributed by atoms with Crippen molar-refractivity contribution < 1.29 is 18.6 Å². The number of aliphatic hydroxyl groups excluding tert-OH is 1. The average molecular weight is 355 g/mol. The number of rotatable bonds is 4. The lowest BCUT2D eigenvalue weighted by Crippen LogP contribution is -2.38. The number of alkyl halides is 2. The van der Waals surface area contributed by atoms with Gasteiger partial charge in [-0.15, -0.1) is 0 Å². The zero-order valence-corrected chi connectivity index (χ0v) is 13.4. The zero-order chi connectivity index (χ0) is 18.2. The Morgan fingerprint density at radius 3 is 3.00 bits per heavy atom. The van der Waals surface area contributed by atoms with Crippen LogP contribution >= 0.6 is 0 Å². The molecule has 4 N–H and O–H groups in total. The van der Waals surface area contributed by atoms with Crippen LogP contribution in [0.25, 0.3) is 0 Å². The Labute approximate surface area is 142 Å². The van der Waals surface area contributed by atoms with Crippen molar-refractivity contribution >= 4 is 12.0 Å². The first-order chi connectivity index (χ1) is 11.8. The van der Waals surface area contributed by atoms with Gasteiger partial charge in [0.1, 0.15) is 5.82 Å². The van der Waals surface area contributed by atoms with Crippen molar-refractivity contribution in [1.29, 1.82) is 5.41 Å². The zero-order valence-electron chi connectivity index (χ0n) is 13.4. The molecule has 0 spiro atoms. The Kier molecular flexibility index (Phi) is 4.56. The van der Waals surface area contributed by atoms with E-state index in [1.807, 2.05) is 4.90 Å². The number of nitrogens with two attached hydrogens (primary N) is 1. The predicted octanol–water partition coefficient (Wildman–Crippen LogP) is 0.916. The molecule has 1 unspecified atom stereocenters. The van der Waals surface area contributed by atoms with Gasteiger partial charge in [-0.25, -0.2) is 13.6 Å². The number of anilines is 1. The summed E-state index contributed by atoms with van der Waals surface area (Å²) in [5.41, 5.74) is 4.96. The predicted molar refractivity (Wildman–Crippen MR) is 85.9 cm³/mol. The lowest BCUT2D eigenvalue weighted by atomic mass is 10.1. The molecule has 2 aliphatic heterocycles. The molecule has 8 nitrogen and oxygen atoms in total. The summed E-state index contributed by atoms with van der Waals surface area (Å²) in [4.78, 5) is 17.1. The van der Waals surface area contributed by atoms with Gasteiger partial charge in [0.05, 0.1) is 11.9 Å². The van der Waals surface area contributed by atoms with Gasteiger partial charge in [-0.3, -0.25) is 9.47 Å². The van der Waals surface area contributed by atoms with Crippen LogP contribution in [0, 0.1) is 5.41 Å². The highest BCUT2D eigenvalue weighted by Crippen LogP contribution is 2.42. The van der Waals surface area contributed by atoms with Gasteiger partial charge in [-0.2, -0.15) is 4.98 Å². The second kappa shape index (κ2) is 6.52. The summed E-state index contributed by atoms with van der Waals surface area (Å²) in [6, 6.07) is 1.27. The van der Waals surface area contributed by atoms with Crippen LogP contribution in [0.15, 0.2) is 28.4 Å². The van der Waals surface area contributed by atoms with Crippen molar-refractivity contribution in [3.63, 3.8) is 0 Å². The van der Waals surface area contributed by atoms with Crippen molar-refractivity contribution in [2.45, 2.75) is 31.1 Å². The third-order valence-corrected chi connectivity index (χ3v) is 4.35. The lowest BCUT2D eigenvalue weighted by molar-refractivity contribution is -0.118. The van der Waals surface area contributed by atoms with Gasteiger partial charge in [0.25, 0.3) is 5.92 Å². The maximum Gasteiger partial charge on any atom is 0.351 e. The van der Waals surface area contributed by atoms with Crippen molar-refractivity contribution in [3.05, 3.63) is 34.1 Å². The van der Waals surface area contributed by atoms with Gasteiger partial charge < -0.3 is 21.0 Å². The molecule has 3 rings (SSSR count). The molecular formula is C15H19F2N5O3.